The number of para-hydroxylation sites is 1. The number of nitrogens with zero attached hydrogens (tertiary/aromatic N) is 5. The van der Waals surface area contributed by atoms with Crippen molar-refractivity contribution in [2.75, 3.05) is 5.32 Å². The van der Waals surface area contributed by atoms with E-state index in [1.165, 1.54) is 11.1 Å². The Labute approximate surface area is 174 Å². The van der Waals surface area contributed by atoms with E-state index in [0.29, 0.717) is 12.4 Å². The Morgan fingerprint density at radius 3 is 2.47 bits per heavy atom. The van der Waals surface area contributed by atoms with Gasteiger partial charge in [-0.2, -0.15) is 0 Å². The van der Waals surface area contributed by atoms with E-state index >= 15 is 0 Å². The molecule has 5 rings (SSSR count). The standard InChI is InChI=1S/C24H20N6/c1-2-6-22-21(5-1)24(29-23(28-22)20-4-3-11-25-15-20)27-14-18-7-9-19(10-8-18)16-30-13-12-26-17-30/h1-13,15,17H,14,16H2,(H,27,28,29). The Morgan fingerprint density at radius 2 is 1.67 bits per heavy atom. The van der Waals surface area contributed by atoms with Gasteiger partial charge < -0.3 is 9.88 Å². The van der Waals surface area contributed by atoms with E-state index in [-0.39, 0.29) is 0 Å². The molecule has 0 radical (unpaired) electrons. The van der Waals surface area contributed by atoms with Crippen LogP contribution in [0.4, 0.5) is 5.82 Å². The Hall–Kier alpha value is -4.06. The molecule has 0 fully saturated rings. The van der Waals surface area contributed by atoms with Gasteiger partial charge >= 0.3 is 0 Å². The second-order valence-electron chi connectivity index (χ2n) is 7.06. The van der Waals surface area contributed by atoms with Gasteiger partial charge in [0.1, 0.15) is 5.82 Å². The van der Waals surface area contributed by atoms with E-state index in [4.69, 9.17) is 9.97 Å². The maximum absolute atomic E-state index is 4.78. The Morgan fingerprint density at radius 1 is 0.800 bits per heavy atom. The van der Waals surface area contributed by atoms with Crippen molar-refractivity contribution in [3.8, 4) is 11.4 Å². The highest BCUT2D eigenvalue weighted by molar-refractivity contribution is 5.90. The second-order valence-corrected chi connectivity index (χ2v) is 7.06. The molecule has 30 heavy (non-hydrogen) atoms. The van der Waals surface area contributed by atoms with Crippen molar-refractivity contribution in [1.82, 2.24) is 24.5 Å². The van der Waals surface area contributed by atoms with E-state index in [2.05, 4.69) is 44.1 Å². The Kier molecular flexibility index (Phi) is 4.88. The predicted octanol–water partition coefficient (Wildman–Crippen LogP) is 4.55. The minimum atomic E-state index is 0.667. The molecular weight excluding hydrogens is 372 g/mol. The molecule has 0 saturated carbocycles. The fraction of sp³-hybridized carbons (Fsp3) is 0.0833. The van der Waals surface area contributed by atoms with Crippen molar-refractivity contribution < 1.29 is 0 Å². The number of benzene rings is 2. The van der Waals surface area contributed by atoms with Crippen molar-refractivity contribution >= 4 is 16.7 Å². The van der Waals surface area contributed by atoms with Crippen LogP contribution in [-0.4, -0.2) is 24.5 Å². The van der Waals surface area contributed by atoms with Crippen molar-refractivity contribution in [2.24, 2.45) is 0 Å². The molecule has 0 aliphatic heterocycles. The van der Waals surface area contributed by atoms with Gasteiger partial charge in [0.15, 0.2) is 5.82 Å². The Balaban J connectivity index is 1.38. The molecule has 6 heteroatoms. The average molecular weight is 392 g/mol. The number of nitrogens with one attached hydrogen (secondary N) is 1. The van der Waals surface area contributed by atoms with Gasteiger partial charge in [-0.1, -0.05) is 36.4 Å². The van der Waals surface area contributed by atoms with Crippen LogP contribution in [0.1, 0.15) is 11.1 Å². The van der Waals surface area contributed by atoms with E-state index in [1.54, 1.807) is 18.6 Å². The van der Waals surface area contributed by atoms with Crippen LogP contribution in [0, 0.1) is 0 Å². The molecule has 5 aromatic rings. The zero-order valence-electron chi connectivity index (χ0n) is 16.3. The Bertz CT molecular complexity index is 1250. The predicted molar refractivity (Wildman–Crippen MR) is 118 cm³/mol. The lowest BCUT2D eigenvalue weighted by atomic mass is 10.1. The molecule has 0 saturated heterocycles. The molecule has 0 amide bonds. The average Bonchev–Trinajstić information content (AvgIpc) is 3.32. The fourth-order valence-corrected chi connectivity index (χ4v) is 3.37. The highest BCUT2D eigenvalue weighted by Crippen LogP contribution is 2.25. The SMILES string of the molecule is c1cncc(-c2nc(NCc3ccc(Cn4ccnc4)cc3)c3ccccc3n2)c1. The van der Waals surface area contributed by atoms with Gasteiger partial charge in [0, 0.05) is 48.8 Å². The largest absolute Gasteiger partial charge is 0.365 e. The lowest BCUT2D eigenvalue weighted by Gasteiger charge is -2.11. The number of pyridine rings is 1. The third-order valence-electron chi connectivity index (χ3n) is 4.93. The molecule has 3 heterocycles. The van der Waals surface area contributed by atoms with Crippen LogP contribution in [0.2, 0.25) is 0 Å². The number of fused-ring (bicyclic) bond motifs is 1. The summed E-state index contributed by atoms with van der Waals surface area (Å²) in [6.45, 7) is 1.50. The smallest absolute Gasteiger partial charge is 0.163 e. The summed E-state index contributed by atoms with van der Waals surface area (Å²) in [5.74, 6) is 1.49. The first-order chi connectivity index (χ1) is 14.8. The zero-order chi connectivity index (χ0) is 20.2. The number of hydrogen-bond acceptors (Lipinski definition) is 5. The topological polar surface area (TPSA) is 68.5 Å². The van der Waals surface area contributed by atoms with Crippen LogP contribution >= 0.6 is 0 Å². The number of anilines is 1. The van der Waals surface area contributed by atoms with Crippen LogP contribution in [0.3, 0.4) is 0 Å². The summed E-state index contributed by atoms with van der Waals surface area (Å²) >= 11 is 0. The van der Waals surface area contributed by atoms with Crippen molar-refractivity contribution in [3.05, 3.63) is 103 Å². The molecule has 2 aromatic carbocycles. The highest BCUT2D eigenvalue weighted by atomic mass is 15.0. The van der Waals surface area contributed by atoms with Crippen LogP contribution in [0.25, 0.3) is 22.3 Å². The van der Waals surface area contributed by atoms with Gasteiger partial charge in [0.25, 0.3) is 0 Å². The molecule has 0 aliphatic rings. The lowest BCUT2D eigenvalue weighted by Crippen LogP contribution is -2.05. The lowest BCUT2D eigenvalue weighted by molar-refractivity contribution is 0.797. The van der Waals surface area contributed by atoms with Gasteiger partial charge in [-0.05, 0) is 35.4 Å². The van der Waals surface area contributed by atoms with Crippen molar-refractivity contribution in [1.29, 1.82) is 0 Å². The van der Waals surface area contributed by atoms with Gasteiger partial charge in [-0.15, -0.1) is 0 Å². The number of aromatic nitrogens is 5. The fourth-order valence-electron chi connectivity index (χ4n) is 3.37. The molecular formula is C24H20N6. The zero-order valence-corrected chi connectivity index (χ0v) is 16.3. The van der Waals surface area contributed by atoms with E-state index in [1.807, 2.05) is 48.9 Å². The van der Waals surface area contributed by atoms with Gasteiger partial charge in [-0.25, -0.2) is 15.0 Å². The molecule has 6 nitrogen and oxygen atoms in total. The molecule has 0 unspecified atom stereocenters. The molecule has 146 valence electrons. The van der Waals surface area contributed by atoms with Gasteiger partial charge in [0.2, 0.25) is 0 Å². The van der Waals surface area contributed by atoms with Crippen LogP contribution in [0.15, 0.2) is 91.8 Å². The molecule has 0 bridgehead atoms. The summed E-state index contributed by atoms with van der Waals surface area (Å²) < 4.78 is 2.06. The van der Waals surface area contributed by atoms with Crippen LogP contribution < -0.4 is 5.32 Å². The van der Waals surface area contributed by atoms with E-state index < -0.39 is 0 Å². The normalized spacial score (nSPS) is 10.9. The second kappa shape index (κ2) is 8.13. The summed E-state index contributed by atoms with van der Waals surface area (Å²) in [6, 6.07) is 20.5. The number of imidazole rings is 1. The summed E-state index contributed by atoms with van der Waals surface area (Å²) in [5, 5.41) is 4.49. The minimum absolute atomic E-state index is 0.667. The molecule has 0 atom stereocenters. The monoisotopic (exact) mass is 392 g/mol. The molecule has 1 N–H and O–H groups in total. The molecule has 0 aliphatic carbocycles. The minimum Gasteiger partial charge on any atom is -0.365 e. The number of hydrogen-bond donors (Lipinski definition) is 1. The summed E-state index contributed by atoms with van der Waals surface area (Å²) in [4.78, 5) is 17.8. The van der Waals surface area contributed by atoms with Crippen LogP contribution in [0.5, 0.6) is 0 Å². The van der Waals surface area contributed by atoms with Crippen molar-refractivity contribution in [2.45, 2.75) is 13.1 Å². The van der Waals surface area contributed by atoms with E-state index in [0.717, 1.165) is 28.8 Å². The van der Waals surface area contributed by atoms with Gasteiger partial charge in [0.05, 0.1) is 11.8 Å². The molecule has 3 aromatic heterocycles. The third-order valence-corrected chi connectivity index (χ3v) is 4.93. The highest BCUT2D eigenvalue weighted by Gasteiger charge is 2.09. The first-order valence-electron chi connectivity index (χ1n) is 9.80. The quantitative estimate of drug-likeness (QED) is 0.459. The van der Waals surface area contributed by atoms with Crippen molar-refractivity contribution in [3.63, 3.8) is 0 Å². The summed E-state index contributed by atoms with van der Waals surface area (Å²) in [5.41, 5.74) is 4.23. The molecule has 0 spiro atoms. The van der Waals surface area contributed by atoms with Crippen LogP contribution in [-0.2, 0) is 13.1 Å². The maximum atomic E-state index is 4.78. The maximum Gasteiger partial charge on any atom is 0.163 e. The first kappa shape index (κ1) is 18.0. The number of rotatable bonds is 6. The summed E-state index contributed by atoms with van der Waals surface area (Å²) in [7, 11) is 0. The van der Waals surface area contributed by atoms with Gasteiger partial charge in [-0.3, -0.25) is 4.98 Å². The summed E-state index contributed by atoms with van der Waals surface area (Å²) in [6.07, 6.45) is 9.13. The third kappa shape index (κ3) is 3.89. The first-order valence-corrected chi connectivity index (χ1v) is 9.80. The van der Waals surface area contributed by atoms with E-state index in [9.17, 15) is 0 Å².